The van der Waals surface area contributed by atoms with Crippen molar-refractivity contribution in [2.45, 2.75) is 20.5 Å². The second-order valence-electron chi connectivity index (χ2n) is 4.74. The van der Waals surface area contributed by atoms with Gasteiger partial charge in [0.25, 0.3) is 0 Å². The van der Waals surface area contributed by atoms with Crippen LogP contribution in [0.4, 0.5) is 0 Å². The molecule has 0 radical (unpaired) electrons. The molecule has 0 bridgehead atoms. The van der Waals surface area contributed by atoms with E-state index < -0.39 is 0 Å². The van der Waals surface area contributed by atoms with Crippen LogP contribution in [0, 0.1) is 13.8 Å². The van der Waals surface area contributed by atoms with Crippen molar-refractivity contribution in [3.05, 3.63) is 64.7 Å². The van der Waals surface area contributed by atoms with Gasteiger partial charge in [-0.25, -0.2) is 0 Å². The summed E-state index contributed by atoms with van der Waals surface area (Å²) in [5.41, 5.74) is 9.51. The van der Waals surface area contributed by atoms with E-state index in [9.17, 15) is 0 Å². The summed E-state index contributed by atoms with van der Waals surface area (Å²) in [7, 11) is 0. The van der Waals surface area contributed by atoms with Crippen LogP contribution in [0.5, 0.6) is 5.75 Å². The molecule has 0 spiro atoms. The molecular weight excluding hydrogens is 252 g/mol. The first-order valence-electron chi connectivity index (χ1n) is 6.37. The molecule has 0 fully saturated rings. The summed E-state index contributed by atoms with van der Waals surface area (Å²) in [5.74, 6) is 0.998. The lowest BCUT2D eigenvalue weighted by Gasteiger charge is -2.10. The zero-order chi connectivity index (χ0) is 14.5. The van der Waals surface area contributed by atoms with E-state index in [-0.39, 0.29) is 5.84 Å². The lowest BCUT2D eigenvalue weighted by molar-refractivity contribution is 0.304. The Labute approximate surface area is 118 Å². The molecule has 20 heavy (non-hydrogen) atoms. The number of hydrogen-bond acceptors (Lipinski definition) is 3. The van der Waals surface area contributed by atoms with Crippen molar-refractivity contribution in [2.75, 3.05) is 0 Å². The summed E-state index contributed by atoms with van der Waals surface area (Å²) >= 11 is 0. The fourth-order valence-corrected chi connectivity index (χ4v) is 1.85. The van der Waals surface area contributed by atoms with Gasteiger partial charge in [-0.1, -0.05) is 41.6 Å². The summed E-state index contributed by atoms with van der Waals surface area (Å²) in [4.78, 5) is 0. The number of aryl methyl sites for hydroxylation is 2. The van der Waals surface area contributed by atoms with Crippen LogP contribution < -0.4 is 10.5 Å². The minimum absolute atomic E-state index is 0.104. The molecule has 0 saturated carbocycles. The van der Waals surface area contributed by atoms with Crippen LogP contribution in [0.15, 0.2) is 47.6 Å². The summed E-state index contributed by atoms with van der Waals surface area (Å²) < 4.78 is 5.82. The minimum Gasteiger partial charge on any atom is -0.489 e. The maximum atomic E-state index is 8.60. The number of oxime groups is 1. The number of rotatable bonds is 4. The SMILES string of the molecule is Cc1ccc(C)c(OCc2ccc(/C(N)=N/O)cc2)c1. The van der Waals surface area contributed by atoms with Crippen LogP contribution in [0.25, 0.3) is 0 Å². The number of benzene rings is 2. The normalized spacial score (nSPS) is 11.4. The van der Waals surface area contributed by atoms with Crippen LogP contribution in [-0.4, -0.2) is 11.0 Å². The van der Waals surface area contributed by atoms with E-state index in [0.29, 0.717) is 12.2 Å². The Balaban J connectivity index is 2.06. The first kappa shape index (κ1) is 13.9. The molecule has 0 aliphatic heterocycles. The van der Waals surface area contributed by atoms with Crippen LogP contribution in [0.2, 0.25) is 0 Å². The molecule has 0 aliphatic carbocycles. The van der Waals surface area contributed by atoms with Crippen LogP contribution in [0.1, 0.15) is 22.3 Å². The van der Waals surface area contributed by atoms with E-state index >= 15 is 0 Å². The average molecular weight is 270 g/mol. The topological polar surface area (TPSA) is 67.8 Å². The van der Waals surface area contributed by atoms with Gasteiger partial charge in [0.15, 0.2) is 5.84 Å². The Morgan fingerprint density at radius 3 is 2.50 bits per heavy atom. The third-order valence-electron chi connectivity index (χ3n) is 3.10. The third kappa shape index (κ3) is 3.29. The highest BCUT2D eigenvalue weighted by molar-refractivity contribution is 5.96. The van der Waals surface area contributed by atoms with E-state index in [1.54, 1.807) is 12.1 Å². The highest BCUT2D eigenvalue weighted by Gasteiger charge is 2.02. The Kier molecular flexibility index (Phi) is 4.25. The van der Waals surface area contributed by atoms with Gasteiger partial charge in [0.2, 0.25) is 0 Å². The number of ether oxygens (including phenoxy) is 1. The largest absolute Gasteiger partial charge is 0.489 e. The number of hydrogen-bond donors (Lipinski definition) is 2. The van der Waals surface area contributed by atoms with Crippen molar-refractivity contribution in [3.8, 4) is 5.75 Å². The fourth-order valence-electron chi connectivity index (χ4n) is 1.85. The predicted octanol–water partition coefficient (Wildman–Crippen LogP) is 2.98. The van der Waals surface area contributed by atoms with Crippen LogP contribution >= 0.6 is 0 Å². The van der Waals surface area contributed by atoms with Crippen molar-refractivity contribution >= 4 is 5.84 Å². The zero-order valence-corrected chi connectivity index (χ0v) is 11.6. The van der Waals surface area contributed by atoms with Gasteiger partial charge >= 0.3 is 0 Å². The molecule has 2 aromatic rings. The molecule has 2 rings (SSSR count). The molecule has 0 aliphatic rings. The number of amidine groups is 1. The molecule has 2 aromatic carbocycles. The Bertz CT molecular complexity index is 619. The Morgan fingerprint density at radius 2 is 1.85 bits per heavy atom. The molecule has 4 nitrogen and oxygen atoms in total. The molecule has 0 saturated heterocycles. The zero-order valence-electron chi connectivity index (χ0n) is 11.6. The minimum atomic E-state index is 0.104. The van der Waals surface area contributed by atoms with Gasteiger partial charge in [-0.15, -0.1) is 0 Å². The van der Waals surface area contributed by atoms with E-state index in [4.69, 9.17) is 15.7 Å². The first-order chi connectivity index (χ1) is 9.60. The summed E-state index contributed by atoms with van der Waals surface area (Å²) in [6.07, 6.45) is 0. The second kappa shape index (κ2) is 6.10. The van der Waals surface area contributed by atoms with Crippen molar-refractivity contribution < 1.29 is 9.94 Å². The Hall–Kier alpha value is -2.49. The molecule has 0 aromatic heterocycles. The summed E-state index contributed by atoms with van der Waals surface area (Å²) in [5, 5.41) is 11.6. The molecule has 0 amide bonds. The molecular formula is C16H18N2O2. The lowest BCUT2D eigenvalue weighted by atomic mass is 10.1. The smallest absolute Gasteiger partial charge is 0.170 e. The van der Waals surface area contributed by atoms with Crippen LogP contribution in [0.3, 0.4) is 0 Å². The van der Waals surface area contributed by atoms with Crippen LogP contribution in [-0.2, 0) is 6.61 Å². The van der Waals surface area contributed by atoms with Gasteiger partial charge in [-0.3, -0.25) is 0 Å². The molecule has 3 N–H and O–H groups in total. The molecule has 0 unspecified atom stereocenters. The number of nitrogens with two attached hydrogens (primary N) is 1. The lowest BCUT2D eigenvalue weighted by Crippen LogP contribution is -2.12. The molecule has 0 atom stereocenters. The summed E-state index contributed by atoms with van der Waals surface area (Å²) in [6, 6.07) is 13.5. The first-order valence-corrected chi connectivity index (χ1v) is 6.37. The van der Waals surface area contributed by atoms with E-state index in [2.05, 4.69) is 11.2 Å². The maximum absolute atomic E-state index is 8.60. The monoisotopic (exact) mass is 270 g/mol. The van der Waals surface area contributed by atoms with Gasteiger partial charge in [-0.05, 0) is 36.6 Å². The van der Waals surface area contributed by atoms with Crippen molar-refractivity contribution in [3.63, 3.8) is 0 Å². The quantitative estimate of drug-likeness (QED) is 0.388. The van der Waals surface area contributed by atoms with Gasteiger partial charge in [0, 0.05) is 5.56 Å². The van der Waals surface area contributed by atoms with Gasteiger partial charge < -0.3 is 15.7 Å². The average Bonchev–Trinajstić information content (AvgIpc) is 2.48. The molecule has 0 heterocycles. The van der Waals surface area contributed by atoms with Gasteiger partial charge in [0.05, 0.1) is 0 Å². The van der Waals surface area contributed by atoms with E-state index in [1.807, 2.05) is 38.1 Å². The Morgan fingerprint density at radius 1 is 1.15 bits per heavy atom. The second-order valence-corrected chi connectivity index (χ2v) is 4.74. The molecule has 4 heteroatoms. The van der Waals surface area contributed by atoms with E-state index in [1.165, 1.54) is 5.56 Å². The highest BCUT2D eigenvalue weighted by Crippen LogP contribution is 2.20. The maximum Gasteiger partial charge on any atom is 0.170 e. The van der Waals surface area contributed by atoms with Gasteiger partial charge in [0.1, 0.15) is 12.4 Å². The standard InChI is InChI=1S/C16H18N2O2/c1-11-3-4-12(2)15(9-11)20-10-13-5-7-14(8-6-13)16(17)18-19/h3-9,19H,10H2,1-2H3,(H2,17,18). The fraction of sp³-hybridized carbons (Fsp3) is 0.188. The van der Waals surface area contributed by atoms with Crippen molar-refractivity contribution in [1.29, 1.82) is 0 Å². The number of nitrogens with zero attached hydrogens (tertiary/aromatic N) is 1. The van der Waals surface area contributed by atoms with E-state index in [0.717, 1.165) is 16.9 Å². The van der Waals surface area contributed by atoms with Crippen molar-refractivity contribution in [2.24, 2.45) is 10.9 Å². The predicted molar refractivity (Wildman–Crippen MR) is 79.2 cm³/mol. The van der Waals surface area contributed by atoms with Gasteiger partial charge in [-0.2, -0.15) is 0 Å². The summed E-state index contributed by atoms with van der Waals surface area (Å²) in [6.45, 7) is 4.55. The highest BCUT2D eigenvalue weighted by atomic mass is 16.5. The van der Waals surface area contributed by atoms with Crippen molar-refractivity contribution in [1.82, 2.24) is 0 Å². The molecule has 104 valence electrons. The third-order valence-corrected chi connectivity index (χ3v) is 3.10.